The predicted molar refractivity (Wildman–Crippen MR) is 102 cm³/mol. The molecule has 130 valence electrons. The van der Waals surface area contributed by atoms with E-state index in [1.807, 2.05) is 36.4 Å². The highest BCUT2D eigenvalue weighted by molar-refractivity contribution is 5.73. The van der Waals surface area contributed by atoms with Crippen LogP contribution in [-0.2, 0) is 0 Å². The van der Waals surface area contributed by atoms with Crippen molar-refractivity contribution in [3.8, 4) is 11.4 Å². The first kappa shape index (κ1) is 17.2. The molecule has 0 saturated carbocycles. The molecule has 0 aliphatic rings. The Labute approximate surface area is 149 Å². The molecule has 4 heteroatoms. The zero-order valence-corrected chi connectivity index (χ0v) is 15.0. The summed E-state index contributed by atoms with van der Waals surface area (Å²) in [6.07, 6.45) is 9.18. The van der Waals surface area contributed by atoms with Crippen LogP contribution in [-0.4, -0.2) is 21.6 Å². The highest BCUT2D eigenvalue weighted by atomic mass is 16.5. The summed E-state index contributed by atoms with van der Waals surface area (Å²) in [5, 5.41) is 9.14. The number of fused-ring (bicyclic) bond motifs is 1. The average Bonchev–Trinajstić information content (AvgIpc) is 3.06. The summed E-state index contributed by atoms with van der Waals surface area (Å²) in [4.78, 5) is 1.66. The minimum absolute atomic E-state index is 0.559. The summed E-state index contributed by atoms with van der Waals surface area (Å²) < 4.78 is 5.96. The Morgan fingerprint density at radius 3 is 2.48 bits per heavy atom. The number of rotatable bonds is 8. The number of ether oxygens (including phenoxy) is 1. The molecular formula is C21H25N3O. The van der Waals surface area contributed by atoms with Crippen LogP contribution in [0.5, 0.6) is 5.75 Å². The number of hydrogen-bond acceptors (Lipinski definition) is 3. The van der Waals surface area contributed by atoms with Crippen LogP contribution in [0.3, 0.4) is 0 Å². The van der Waals surface area contributed by atoms with Gasteiger partial charge in [-0.15, -0.1) is 15.0 Å². The van der Waals surface area contributed by atoms with Gasteiger partial charge in [-0.05, 0) is 49.6 Å². The third-order valence-electron chi connectivity index (χ3n) is 4.09. The Kier molecular flexibility index (Phi) is 5.83. The Morgan fingerprint density at radius 1 is 1.00 bits per heavy atom. The van der Waals surface area contributed by atoms with Crippen LogP contribution in [0.25, 0.3) is 16.7 Å². The summed E-state index contributed by atoms with van der Waals surface area (Å²) in [5.41, 5.74) is 3.78. The second-order valence-corrected chi connectivity index (χ2v) is 6.23. The number of allylic oxidation sites excluding steroid dienone is 1. The molecule has 1 aromatic heterocycles. The van der Waals surface area contributed by atoms with Gasteiger partial charge in [0.1, 0.15) is 29.1 Å². The van der Waals surface area contributed by atoms with Crippen LogP contribution < -0.4 is 4.74 Å². The molecule has 0 aliphatic heterocycles. The molecule has 2 aromatic carbocycles. The van der Waals surface area contributed by atoms with Crippen molar-refractivity contribution in [3.05, 3.63) is 60.2 Å². The fourth-order valence-corrected chi connectivity index (χ4v) is 2.71. The number of hydrogen-bond donors (Lipinski definition) is 0. The molecule has 0 saturated heterocycles. The zero-order valence-electron chi connectivity index (χ0n) is 15.0. The highest BCUT2D eigenvalue weighted by Gasteiger charge is 2.10. The van der Waals surface area contributed by atoms with Crippen LogP contribution >= 0.6 is 0 Å². The third-order valence-corrected chi connectivity index (χ3v) is 4.09. The van der Waals surface area contributed by atoms with Crippen molar-refractivity contribution in [2.24, 2.45) is 0 Å². The first-order chi connectivity index (χ1) is 12.3. The minimum Gasteiger partial charge on any atom is -0.487 e. The minimum atomic E-state index is 0.559. The molecule has 0 unspecified atom stereocenters. The van der Waals surface area contributed by atoms with Crippen LogP contribution in [0.15, 0.2) is 54.6 Å². The van der Waals surface area contributed by atoms with E-state index in [-0.39, 0.29) is 0 Å². The van der Waals surface area contributed by atoms with Crippen molar-refractivity contribution in [2.45, 2.75) is 39.5 Å². The van der Waals surface area contributed by atoms with Crippen molar-refractivity contribution in [1.82, 2.24) is 15.0 Å². The lowest BCUT2D eigenvalue weighted by Gasteiger charge is -2.10. The summed E-state index contributed by atoms with van der Waals surface area (Å²) in [5.74, 6) is 0.795. The predicted octanol–water partition coefficient (Wildman–Crippen LogP) is 5.24. The van der Waals surface area contributed by atoms with Gasteiger partial charge in [0.25, 0.3) is 0 Å². The molecule has 0 spiro atoms. The van der Waals surface area contributed by atoms with E-state index in [4.69, 9.17) is 4.74 Å². The fourth-order valence-electron chi connectivity index (χ4n) is 2.71. The van der Waals surface area contributed by atoms with Gasteiger partial charge in [-0.25, -0.2) is 0 Å². The van der Waals surface area contributed by atoms with E-state index in [0.29, 0.717) is 6.61 Å². The van der Waals surface area contributed by atoms with E-state index in [2.05, 4.69) is 42.3 Å². The molecule has 0 amide bonds. The molecule has 25 heavy (non-hydrogen) atoms. The molecule has 4 nitrogen and oxygen atoms in total. The maximum Gasteiger partial charge on any atom is 0.147 e. The van der Waals surface area contributed by atoms with E-state index < -0.39 is 0 Å². The molecule has 0 aliphatic carbocycles. The number of unbranched alkanes of at least 4 members (excludes halogenated alkanes) is 3. The van der Waals surface area contributed by atoms with E-state index in [0.717, 1.165) is 34.5 Å². The Hall–Kier alpha value is -2.62. The third kappa shape index (κ3) is 4.47. The summed E-state index contributed by atoms with van der Waals surface area (Å²) in [7, 11) is 0. The van der Waals surface area contributed by atoms with Crippen molar-refractivity contribution in [1.29, 1.82) is 0 Å². The maximum atomic E-state index is 5.96. The molecule has 0 N–H and O–H groups in total. The summed E-state index contributed by atoms with van der Waals surface area (Å²) >= 11 is 0. The van der Waals surface area contributed by atoms with Crippen molar-refractivity contribution in [2.75, 3.05) is 6.61 Å². The quantitative estimate of drug-likeness (QED) is 0.417. The van der Waals surface area contributed by atoms with Gasteiger partial charge in [0.15, 0.2) is 0 Å². The van der Waals surface area contributed by atoms with Gasteiger partial charge in [0.05, 0.1) is 0 Å². The first-order valence-electron chi connectivity index (χ1n) is 8.99. The fraction of sp³-hybridized carbons (Fsp3) is 0.333. The zero-order chi connectivity index (χ0) is 17.5. The molecule has 0 radical (unpaired) electrons. The number of benzene rings is 2. The lowest BCUT2D eigenvalue weighted by atomic mass is 10.2. The lowest BCUT2D eigenvalue weighted by Crippen LogP contribution is -2.04. The molecular weight excluding hydrogens is 310 g/mol. The average molecular weight is 335 g/mol. The number of aromatic nitrogens is 3. The second kappa shape index (κ2) is 8.47. The Bertz CT molecular complexity index is 818. The van der Waals surface area contributed by atoms with Crippen LogP contribution in [0, 0.1) is 6.92 Å². The van der Waals surface area contributed by atoms with E-state index >= 15 is 0 Å². The lowest BCUT2D eigenvalue weighted by molar-refractivity contribution is 0.359. The summed E-state index contributed by atoms with van der Waals surface area (Å²) in [6, 6.07) is 14.0. The van der Waals surface area contributed by atoms with E-state index in [1.165, 1.54) is 19.3 Å². The van der Waals surface area contributed by atoms with Crippen molar-refractivity contribution >= 4 is 11.0 Å². The SMILES string of the molecule is CCCCC/C=C/COc1ccc(C)cc1-n1nc2ccccc2n1. The van der Waals surface area contributed by atoms with Gasteiger partial charge in [0.2, 0.25) is 0 Å². The maximum absolute atomic E-state index is 5.96. The van der Waals surface area contributed by atoms with Gasteiger partial charge < -0.3 is 4.74 Å². The van der Waals surface area contributed by atoms with Crippen LogP contribution in [0.1, 0.15) is 38.2 Å². The van der Waals surface area contributed by atoms with Crippen LogP contribution in [0.4, 0.5) is 0 Å². The van der Waals surface area contributed by atoms with Crippen molar-refractivity contribution < 1.29 is 4.74 Å². The monoisotopic (exact) mass is 335 g/mol. The number of nitrogens with zero attached hydrogens (tertiary/aromatic N) is 3. The molecule has 3 rings (SSSR count). The van der Waals surface area contributed by atoms with Gasteiger partial charge in [-0.2, -0.15) is 0 Å². The Morgan fingerprint density at radius 2 is 1.76 bits per heavy atom. The molecule has 3 aromatic rings. The highest BCUT2D eigenvalue weighted by Crippen LogP contribution is 2.24. The number of aryl methyl sites for hydroxylation is 1. The molecule has 0 bridgehead atoms. The summed E-state index contributed by atoms with van der Waals surface area (Å²) in [6.45, 7) is 4.84. The van der Waals surface area contributed by atoms with Gasteiger partial charge in [0, 0.05) is 0 Å². The van der Waals surface area contributed by atoms with Crippen molar-refractivity contribution in [3.63, 3.8) is 0 Å². The van der Waals surface area contributed by atoms with E-state index in [1.54, 1.807) is 4.80 Å². The van der Waals surface area contributed by atoms with E-state index in [9.17, 15) is 0 Å². The van der Waals surface area contributed by atoms with Crippen LogP contribution in [0.2, 0.25) is 0 Å². The normalized spacial score (nSPS) is 11.4. The smallest absolute Gasteiger partial charge is 0.147 e. The first-order valence-corrected chi connectivity index (χ1v) is 8.99. The van der Waals surface area contributed by atoms with Gasteiger partial charge in [-0.1, -0.05) is 50.1 Å². The topological polar surface area (TPSA) is 39.9 Å². The second-order valence-electron chi connectivity index (χ2n) is 6.23. The Balaban J connectivity index is 1.74. The molecule has 1 heterocycles. The van der Waals surface area contributed by atoms with Gasteiger partial charge >= 0.3 is 0 Å². The van der Waals surface area contributed by atoms with Gasteiger partial charge in [-0.3, -0.25) is 0 Å². The molecule has 0 fully saturated rings. The molecule has 0 atom stereocenters. The largest absolute Gasteiger partial charge is 0.487 e. The standard InChI is InChI=1S/C21H25N3O/c1-3-4-5-6-7-10-15-25-21-14-13-17(2)16-20(21)24-22-18-11-8-9-12-19(18)23-24/h7-14,16H,3-6,15H2,1-2H3/b10-7+.